The third kappa shape index (κ3) is 4.27. The zero-order valence-corrected chi connectivity index (χ0v) is 14.3. The van der Waals surface area contributed by atoms with Crippen LogP contribution in [-0.2, 0) is 20.0 Å². The quantitative estimate of drug-likeness (QED) is 0.580. The molecule has 0 bridgehead atoms. The highest BCUT2D eigenvalue weighted by atomic mass is 79.9. The molecule has 0 saturated heterocycles. The minimum Gasteiger partial charge on any atom is -0.240 e. The number of aryl methyl sites for hydroxylation is 2. The first-order valence-electron chi connectivity index (χ1n) is 7.49. The Morgan fingerprint density at radius 2 is 2.05 bits per heavy atom. The number of unbranched alkanes of at least 4 members (excludes halogenated alkanes) is 1. The van der Waals surface area contributed by atoms with E-state index in [1.54, 1.807) is 0 Å². The number of hydrogen-bond donors (Lipinski definition) is 0. The van der Waals surface area contributed by atoms with Gasteiger partial charge < -0.3 is 0 Å². The molecule has 21 heavy (non-hydrogen) atoms. The van der Waals surface area contributed by atoms with Crippen LogP contribution in [0, 0.1) is 0 Å². The molecule has 0 radical (unpaired) electrons. The summed E-state index contributed by atoms with van der Waals surface area (Å²) in [6.07, 6.45) is 12.4. The molecule has 0 aliphatic carbocycles. The van der Waals surface area contributed by atoms with Gasteiger partial charge in [-0.25, -0.2) is 13.7 Å². The van der Waals surface area contributed by atoms with Crippen LogP contribution in [0.4, 0.5) is 0 Å². The van der Waals surface area contributed by atoms with E-state index in [4.69, 9.17) is 0 Å². The lowest BCUT2D eigenvalue weighted by atomic mass is 10.0. The van der Waals surface area contributed by atoms with Crippen LogP contribution < -0.4 is 4.57 Å². The van der Waals surface area contributed by atoms with E-state index in [9.17, 15) is 0 Å². The number of benzene rings is 1. The van der Waals surface area contributed by atoms with E-state index in [2.05, 4.69) is 70.0 Å². The highest BCUT2D eigenvalue weighted by Gasteiger charge is 2.14. The number of nitrogens with zero attached hydrogens (tertiary/aromatic N) is 3. The van der Waals surface area contributed by atoms with Crippen molar-refractivity contribution in [1.82, 2.24) is 4.57 Å². The first-order valence-corrected chi connectivity index (χ1v) is 7.49. The highest BCUT2D eigenvalue weighted by molar-refractivity contribution is 8.93. The summed E-state index contributed by atoms with van der Waals surface area (Å²) in [4.78, 5) is 0. The summed E-state index contributed by atoms with van der Waals surface area (Å²) in [7, 11) is 2.07. The van der Waals surface area contributed by atoms with Gasteiger partial charge in [-0.05, 0) is 18.1 Å². The molecule has 0 fully saturated rings. The lowest BCUT2D eigenvalue weighted by Crippen LogP contribution is -2.24. The largest absolute Gasteiger partial charge is 0.243 e. The molecule has 0 saturated carbocycles. The summed E-state index contributed by atoms with van der Waals surface area (Å²) in [5, 5.41) is 0. The van der Waals surface area contributed by atoms with Crippen LogP contribution in [0.15, 0.2) is 43.0 Å². The number of aromatic nitrogens is 2. The van der Waals surface area contributed by atoms with Crippen molar-refractivity contribution in [2.24, 2.45) is 7.05 Å². The summed E-state index contributed by atoms with van der Waals surface area (Å²) in [6.45, 7) is 3.45. The van der Waals surface area contributed by atoms with Gasteiger partial charge in [0.25, 0.3) is 0 Å². The second kappa shape index (κ2) is 7.55. The fraction of sp³-hybridized carbons (Fsp3) is 0.412. The SMILES string of the molecule is Br.C[n+]1ccn(CCCC[N+]2=Cc3ccccc3CC2)c1. The lowest BCUT2D eigenvalue weighted by molar-refractivity contribution is -0.671. The predicted octanol–water partition coefficient (Wildman–Crippen LogP) is 2.36. The second-order valence-electron chi connectivity index (χ2n) is 5.64. The fourth-order valence-electron chi connectivity index (χ4n) is 2.83. The van der Waals surface area contributed by atoms with Gasteiger partial charge in [0.1, 0.15) is 25.5 Å². The van der Waals surface area contributed by atoms with Crippen molar-refractivity contribution in [2.75, 3.05) is 13.1 Å². The molecule has 3 nitrogen and oxygen atoms in total. The average molecular weight is 350 g/mol. The van der Waals surface area contributed by atoms with Crippen molar-refractivity contribution in [2.45, 2.75) is 25.8 Å². The van der Waals surface area contributed by atoms with E-state index >= 15 is 0 Å². The Labute approximate surface area is 137 Å². The van der Waals surface area contributed by atoms with Gasteiger partial charge in [0, 0.05) is 18.4 Å². The predicted molar refractivity (Wildman–Crippen MR) is 90.5 cm³/mol. The van der Waals surface area contributed by atoms with E-state index in [1.807, 2.05) is 0 Å². The van der Waals surface area contributed by atoms with Gasteiger partial charge in [-0.1, -0.05) is 18.2 Å². The average Bonchev–Trinajstić information content (AvgIpc) is 2.89. The van der Waals surface area contributed by atoms with E-state index in [-0.39, 0.29) is 17.0 Å². The summed E-state index contributed by atoms with van der Waals surface area (Å²) in [5.74, 6) is 0. The summed E-state index contributed by atoms with van der Waals surface area (Å²) >= 11 is 0. The Morgan fingerprint density at radius 3 is 2.86 bits per heavy atom. The molecule has 0 atom stereocenters. The van der Waals surface area contributed by atoms with Gasteiger partial charge in [0.2, 0.25) is 6.33 Å². The Bertz CT molecular complexity index is 616. The van der Waals surface area contributed by atoms with Crippen LogP contribution in [0.3, 0.4) is 0 Å². The van der Waals surface area contributed by atoms with Crippen LogP contribution in [0.25, 0.3) is 0 Å². The van der Waals surface area contributed by atoms with E-state index < -0.39 is 0 Å². The van der Waals surface area contributed by atoms with Crippen LogP contribution >= 0.6 is 17.0 Å². The van der Waals surface area contributed by atoms with Crippen molar-refractivity contribution in [3.63, 3.8) is 0 Å². The molecule has 3 rings (SSSR count). The molecule has 0 amide bonds. The van der Waals surface area contributed by atoms with Gasteiger partial charge in [-0.3, -0.25) is 0 Å². The zero-order valence-electron chi connectivity index (χ0n) is 12.6. The minimum absolute atomic E-state index is 0. The number of halogens is 1. The number of hydrogen-bond acceptors (Lipinski definition) is 0. The Kier molecular flexibility index (Phi) is 5.74. The van der Waals surface area contributed by atoms with Crippen molar-refractivity contribution < 1.29 is 9.14 Å². The number of rotatable bonds is 5. The van der Waals surface area contributed by atoms with E-state index in [0.29, 0.717) is 0 Å². The van der Waals surface area contributed by atoms with Gasteiger partial charge in [0.05, 0.1) is 13.6 Å². The monoisotopic (exact) mass is 349 g/mol. The Hall–Kier alpha value is -1.42. The van der Waals surface area contributed by atoms with Crippen LogP contribution in [-0.4, -0.2) is 28.4 Å². The van der Waals surface area contributed by atoms with Crippen molar-refractivity contribution >= 4 is 23.2 Å². The maximum absolute atomic E-state index is 2.47. The molecule has 1 aliphatic rings. The first kappa shape index (κ1) is 16.0. The topological polar surface area (TPSA) is 11.8 Å². The fourth-order valence-corrected chi connectivity index (χ4v) is 2.83. The standard InChI is InChI=1S/C17H23N3.BrH/c1-18-12-13-20(15-18)10-5-4-9-19-11-8-16-6-2-3-7-17(16)14-19;/h2-3,6-7,12-15H,4-5,8-11H2,1H3;1H/q+2;. The third-order valence-electron chi connectivity index (χ3n) is 3.98. The molecule has 2 heterocycles. The van der Waals surface area contributed by atoms with E-state index in [1.165, 1.54) is 36.9 Å². The lowest BCUT2D eigenvalue weighted by Gasteiger charge is -2.11. The number of fused-ring (bicyclic) bond motifs is 1. The molecule has 0 spiro atoms. The first-order chi connectivity index (χ1) is 9.81. The molecule has 0 unspecified atom stereocenters. The van der Waals surface area contributed by atoms with Crippen molar-refractivity contribution in [1.29, 1.82) is 0 Å². The van der Waals surface area contributed by atoms with Gasteiger partial charge in [-0.2, -0.15) is 0 Å². The molecule has 1 aliphatic heterocycles. The molecule has 4 heteroatoms. The number of imidazole rings is 1. The van der Waals surface area contributed by atoms with Crippen molar-refractivity contribution in [3.8, 4) is 0 Å². The molecular formula is C17H24BrN3+2. The zero-order chi connectivity index (χ0) is 13.8. The summed E-state index contributed by atoms with van der Waals surface area (Å²) in [5.41, 5.74) is 2.89. The maximum atomic E-state index is 2.47. The molecule has 2 aromatic rings. The van der Waals surface area contributed by atoms with Crippen LogP contribution in [0.1, 0.15) is 24.0 Å². The Balaban J connectivity index is 0.00000161. The van der Waals surface area contributed by atoms with Crippen molar-refractivity contribution in [3.05, 3.63) is 54.1 Å². The third-order valence-corrected chi connectivity index (χ3v) is 3.98. The highest BCUT2D eigenvalue weighted by Crippen LogP contribution is 2.11. The molecule has 112 valence electrons. The smallest absolute Gasteiger partial charge is 0.240 e. The molecular weight excluding hydrogens is 326 g/mol. The van der Waals surface area contributed by atoms with Gasteiger partial charge >= 0.3 is 0 Å². The molecule has 1 aromatic carbocycles. The molecule has 1 aromatic heterocycles. The minimum atomic E-state index is 0. The summed E-state index contributed by atoms with van der Waals surface area (Å²) < 4.78 is 6.82. The second-order valence-corrected chi connectivity index (χ2v) is 5.64. The van der Waals surface area contributed by atoms with Crippen LogP contribution in [0.5, 0.6) is 0 Å². The normalized spacial score (nSPS) is 13.3. The van der Waals surface area contributed by atoms with Gasteiger partial charge in [0.15, 0.2) is 6.21 Å². The summed E-state index contributed by atoms with van der Waals surface area (Å²) in [6, 6.07) is 8.74. The van der Waals surface area contributed by atoms with Gasteiger partial charge in [-0.15, -0.1) is 17.0 Å². The Morgan fingerprint density at radius 1 is 1.19 bits per heavy atom. The van der Waals surface area contributed by atoms with Crippen LogP contribution in [0.2, 0.25) is 0 Å². The van der Waals surface area contributed by atoms with E-state index in [0.717, 1.165) is 13.1 Å². The maximum Gasteiger partial charge on any atom is 0.243 e. The molecule has 0 N–H and O–H groups in total.